The van der Waals surface area contributed by atoms with E-state index in [0.29, 0.717) is 12.0 Å². The molecule has 0 saturated carbocycles. The van der Waals surface area contributed by atoms with Crippen LogP contribution >= 0.6 is 0 Å². The number of phenolic OH excluding ortho intramolecular Hbond substituents is 1. The lowest BCUT2D eigenvalue weighted by Crippen LogP contribution is -1.98. The monoisotopic (exact) mass is 244 g/mol. The maximum Gasteiger partial charge on any atom is 0.294 e. The molecule has 0 aromatic heterocycles. The standard InChI is InChI=1S/C11H16O4S/c1-2-3-4-5-9-6-7-10(8-11(9)12)16(13,14)15/h6-8,12H,2-5H2,1H3,(H,13,14,15). The molecule has 2 N–H and O–H groups in total. The van der Waals surface area contributed by atoms with Crippen molar-refractivity contribution < 1.29 is 18.1 Å². The lowest BCUT2D eigenvalue weighted by Gasteiger charge is -2.05. The normalized spacial score (nSPS) is 11.6. The molecule has 0 bridgehead atoms. The molecule has 0 saturated heterocycles. The van der Waals surface area contributed by atoms with Crippen molar-refractivity contribution in [1.29, 1.82) is 0 Å². The molecule has 4 nitrogen and oxygen atoms in total. The summed E-state index contributed by atoms with van der Waals surface area (Å²) in [4.78, 5) is -0.274. The van der Waals surface area contributed by atoms with Crippen LogP contribution in [0.25, 0.3) is 0 Å². The van der Waals surface area contributed by atoms with Crippen molar-refractivity contribution in [2.45, 2.75) is 37.5 Å². The molecule has 90 valence electrons. The molecule has 1 aromatic rings. The van der Waals surface area contributed by atoms with Crippen LogP contribution in [0.2, 0.25) is 0 Å². The Labute approximate surface area is 95.7 Å². The Morgan fingerprint density at radius 1 is 1.25 bits per heavy atom. The summed E-state index contributed by atoms with van der Waals surface area (Å²) in [5.41, 5.74) is 0.709. The van der Waals surface area contributed by atoms with Gasteiger partial charge in [-0.3, -0.25) is 4.55 Å². The lowest BCUT2D eigenvalue weighted by molar-refractivity contribution is 0.459. The molecule has 0 radical (unpaired) electrons. The molecule has 1 rings (SSSR count). The predicted molar refractivity (Wildman–Crippen MR) is 61.2 cm³/mol. The van der Waals surface area contributed by atoms with Crippen LogP contribution in [0.15, 0.2) is 23.1 Å². The van der Waals surface area contributed by atoms with Crippen molar-refractivity contribution in [2.75, 3.05) is 0 Å². The highest BCUT2D eigenvalue weighted by Crippen LogP contribution is 2.23. The molecule has 0 aliphatic rings. The van der Waals surface area contributed by atoms with E-state index in [4.69, 9.17) is 4.55 Å². The van der Waals surface area contributed by atoms with Crippen LogP contribution in [0, 0.1) is 0 Å². The molecule has 0 aliphatic heterocycles. The second-order valence-corrected chi connectivity index (χ2v) is 5.14. The molecule has 0 atom stereocenters. The topological polar surface area (TPSA) is 74.6 Å². The molecule has 0 spiro atoms. The quantitative estimate of drug-likeness (QED) is 0.616. The van der Waals surface area contributed by atoms with Crippen LogP contribution in [-0.4, -0.2) is 18.1 Å². The summed E-state index contributed by atoms with van der Waals surface area (Å²) in [6, 6.07) is 3.92. The fourth-order valence-electron chi connectivity index (χ4n) is 1.48. The van der Waals surface area contributed by atoms with Crippen molar-refractivity contribution in [2.24, 2.45) is 0 Å². The van der Waals surface area contributed by atoms with E-state index in [1.807, 2.05) is 0 Å². The zero-order valence-electron chi connectivity index (χ0n) is 9.18. The Kier molecular flexibility index (Phi) is 4.32. The van der Waals surface area contributed by atoms with Crippen LogP contribution < -0.4 is 0 Å². The molecule has 0 aliphatic carbocycles. The maximum atomic E-state index is 10.8. The van der Waals surface area contributed by atoms with E-state index in [1.165, 1.54) is 12.1 Å². The molecule has 5 heteroatoms. The van der Waals surface area contributed by atoms with E-state index in [1.54, 1.807) is 0 Å². The highest BCUT2D eigenvalue weighted by Gasteiger charge is 2.11. The summed E-state index contributed by atoms with van der Waals surface area (Å²) in [6.07, 6.45) is 3.82. The molecular formula is C11H16O4S. The van der Waals surface area contributed by atoms with Gasteiger partial charge in [-0.15, -0.1) is 0 Å². The highest BCUT2D eigenvalue weighted by atomic mass is 32.2. The Bertz CT molecular complexity index is 451. The second kappa shape index (κ2) is 5.32. The summed E-state index contributed by atoms with van der Waals surface area (Å²) < 4.78 is 30.4. The van der Waals surface area contributed by atoms with E-state index in [0.717, 1.165) is 25.3 Å². The first-order valence-corrected chi connectivity index (χ1v) is 6.68. The van der Waals surface area contributed by atoms with Crippen LogP contribution in [-0.2, 0) is 16.5 Å². The zero-order valence-corrected chi connectivity index (χ0v) is 10.00. The largest absolute Gasteiger partial charge is 0.508 e. The highest BCUT2D eigenvalue weighted by molar-refractivity contribution is 7.85. The minimum absolute atomic E-state index is 0.0776. The van der Waals surface area contributed by atoms with E-state index in [-0.39, 0.29) is 10.6 Å². The Balaban J connectivity index is 2.84. The number of hydrogen-bond acceptors (Lipinski definition) is 3. The average Bonchev–Trinajstić information content (AvgIpc) is 2.19. The van der Waals surface area contributed by atoms with Crippen molar-refractivity contribution in [3.8, 4) is 5.75 Å². The number of phenols is 1. The number of rotatable bonds is 5. The van der Waals surface area contributed by atoms with Gasteiger partial charge in [-0.2, -0.15) is 8.42 Å². The number of aryl methyl sites for hydroxylation is 1. The number of benzene rings is 1. The molecule has 0 heterocycles. The first-order chi connectivity index (χ1) is 7.45. The predicted octanol–water partition coefficient (Wildman–Crippen LogP) is 2.37. The van der Waals surface area contributed by atoms with Crippen LogP contribution in [0.3, 0.4) is 0 Å². The molecule has 0 fully saturated rings. The van der Waals surface area contributed by atoms with Crippen LogP contribution in [0.5, 0.6) is 5.75 Å². The fourth-order valence-corrected chi connectivity index (χ4v) is 1.98. The third kappa shape index (κ3) is 3.50. The first-order valence-electron chi connectivity index (χ1n) is 5.24. The molecule has 1 aromatic carbocycles. The smallest absolute Gasteiger partial charge is 0.294 e. The maximum absolute atomic E-state index is 10.8. The lowest BCUT2D eigenvalue weighted by atomic mass is 10.1. The fraction of sp³-hybridized carbons (Fsp3) is 0.455. The molecule has 0 unspecified atom stereocenters. The third-order valence-electron chi connectivity index (χ3n) is 2.40. The molecule has 16 heavy (non-hydrogen) atoms. The van der Waals surface area contributed by atoms with Gasteiger partial charge < -0.3 is 5.11 Å². The van der Waals surface area contributed by atoms with Gasteiger partial charge in [-0.05, 0) is 24.5 Å². The molecular weight excluding hydrogens is 228 g/mol. The van der Waals surface area contributed by atoms with E-state index in [9.17, 15) is 13.5 Å². The van der Waals surface area contributed by atoms with Gasteiger partial charge in [0.25, 0.3) is 10.1 Å². The summed E-state index contributed by atoms with van der Waals surface area (Å²) >= 11 is 0. The minimum atomic E-state index is -4.23. The summed E-state index contributed by atoms with van der Waals surface area (Å²) in [5.74, 6) is -0.0776. The summed E-state index contributed by atoms with van der Waals surface area (Å²) in [5, 5.41) is 9.58. The van der Waals surface area contributed by atoms with Crippen molar-refractivity contribution in [3.63, 3.8) is 0 Å². The van der Waals surface area contributed by atoms with E-state index in [2.05, 4.69) is 6.92 Å². The van der Waals surface area contributed by atoms with Gasteiger partial charge in [-0.1, -0.05) is 25.8 Å². The van der Waals surface area contributed by atoms with Gasteiger partial charge in [0.05, 0.1) is 4.90 Å². The Hall–Kier alpha value is -1.07. The minimum Gasteiger partial charge on any atom is -0.508 e. The average molecular weight is 244 g/mol. The third-order valence-corrected chi connectivity index (χ3v) is 3.25. The summed E-state index contributed by atoms with van der Waals surface area (Å²) in [6.45, 7) is 2.08. The van der Waals surface area contributed by atoms with Crippen LogP contribution in [0.1, 0.15) is 31.7 Å². The van der Waals surface area contributed by atoms with E-state index >= 15 is 0 Å². The number of hydrogen-bond donors (Lipinski definition) is 2. The number of aromatic hydroxyl groups is 1. The van der Waals surface area contributed by atoms with Gasteiger partial charge in [0.1, 0.15) is 5.75 Å². The van der Waals surface area contributed by atoms with Crippen molar-refractivity contribution in [1.82, 2.24) is 0 Å². The van der Waals surface area contributed by atoms with Gasteiger partial charge in [0.15, 0.2) is 0 Å². The van der Waals surface area contributed by atoms with Crippen molar-refractivity contribution in [3.05, 3.63) is 23.8 Å². The zero-order chi connectivity index (χ0) is 12.2. The van der Waals surface area contributed by atoms with Gasteiger partial charge >= 0.3 is 0 Å². The number of unbranched alkanes of at least 4 members (excludes halogenated alkanes) is 2. The van der Waals surface area contributed by atoms with E-state index < -0.39 is 10.1 Å². The molecule has 0 amide bonds. The van der Waals surface area contributed by atoms with Crippen LogP contribution in [0.4, 0.5) is 0 Å². The first kappa shape index (κ1) is 13.0. The summed E-state index contributed by atoms with van der Waals surface area (Å²) in [7, 11) is -4.23. The van der Waals surface area contributed by atoms with Gasteiger partial charge in [-0.25, -0.2) is 0 Å². The van der Waals surface area contributed by atoms with Gasteiger partial charge in [0.2, 0.25) is 0 Å². The Morgan fingerprint density at radius 3 is 2.44 bits per heavy atom. The van der Waals surface area contributed by atoms with Gasteiger partial charge in [0, 0.05) is 6.07 Å². The van der Waals surface area contributed by atoms with Crippen molar-refractivity contribution >= 4 is 10.1 Å². The Morgan fingerprint density at radius 2 is 1.94 bits per heavy atom. The SMILES string of the molecule is CCCCCc1ccc(S(=O)(=O)O)cc1O. The second-order valence-electron chi connectivity index (χ2n) is 3.72.